The van der Waals surface area contributed by atoms with Crippen molar-refractivity contribution in [3.8, 4) is 5.75 Å². The summed E-state index contributed by atoms with van der Waals surface area (Å²) in [5, 5.41) is 0. The first-order chi connectivity index (χ1) is 14.3. The van der Waals surface area contributed by atoms with Crippen LogP contribution in [0.2, 0.25) is 0 Å². The van der Waals surface area contributed by atoms with Gasteiger partial charge in [0, 0.05) is 32.0 Å². The van der Waals surface area contributed by atoms with Crippen LogP contribution in [0.5, 0.6) is 5.75 Å². The molecule has 0 saturated carbocycles. The number of hydrogen-bond acceptors (Lipinski definition) is 5. The van der Waals surface area contributed by atoms with Gasteiger partial charge < -0.3 is 19.3 Å². The van der Waals surface area contributed by atoms with E-state index in [1.54, 1.807) is 16.9 Å². The number of ether oxygens (including phenoxy) is 2. The van der Waals surface area contributed by atoms with Gasteiger partial charge in [0.25, 0.3) is 5.91 Å². The third kappa shape index (κ3) is 4.75. The van der Waals surface area contributed by atoms with Crippen LogP contribution in [0.1, 0.15) is 25.8 Å². The Morgan fingerprint density at radius 2 is 1.83 bits per heavy atom. The van der Waals surface area contributed by atoms with Crippen molar-refractivity contribution >= 4 is 17.8 Å². The van der Waals surface area contributed by atoms with E-state index in [1.165, 1.54) is 12.0 Å². The number of carbonyl (C=O) groups excluding carboxylic acids is 3. The van der Waals surface area contributed by atoms with Gasteiger partial charge in [0.1, 0.15) is 11.8 Å². The largest absolute Gasteiger partial charge is 0.497 e. The van der Waals surface area contributed by atoms with Gasteiger partial charge in [0.05, 0.1) is 26.8 Å². The normalized spacial score (nSPS) is 20.9. The molecule has 3 rings (SSSR count). The predicted octanol–water partition coefficient (Wildman–Crippen LogP) is 1.78. The first kappa shape index (κ1) is 22.1. The molecule has 8 heteroatoms. The van der Waals surface area contributed by atoms with Crippen LogP contribution in [0.25, 0.3) is 0 Å². The summed E-state index contributed by atoms with van der Waals surface area (Å²) in [5.41, 5.74) is 0.746. The van der Waals surface area contributed by atoms with Crippen molar-refractivity contribution in [3.05, 3.63) is 29.8 Å². The van der Waals surface area contributed by atoms with Crippen molar-refractivity contribution in [3.63, 3.8) is 0 Å². The highest BCUT2D eigenvalue weighted by atomic mass is 16.5. The average Bonchev–Trinajstić information content (AvgIpc) is 2.85. The van der Waals surface area contributed by atoms with E-state index >= 15 is 0 Å². The van der Waals surface area contributed by atoms with E-state index in [9.17, 15) is 14.4 Å². The molecule has 8 nitrogen and oxygen atoms in total. The molecule has 2 saturated heterocycles. The van der Waals surface area contributed by atoms with Gasteiger partial charge in [-0.1, -0.05) is 26.0 Å². The number of rotatable bonds is 7. The van der Waals surface area contributed by atoms with E-state index < -0.39 is 6.04 Å². The number of amides is 4. The minimum Gasteiger partial charge on any atom is -0.497 e. The molecule has 2 aliphatic rings. The summed E-state index contributed by atoms with van der Waals surface area (Å²) in [6.07, 6.45) is 0.964. The van der Waals surface area contributed by atoms with Crippen molar-refractivity contribution in [2.45, 2.75) is 32.7 Å². The maximum atomic E-state index is 13.0. The number of fused-ring (bicyclic) bond motifs is 1. The van der Waals surface area contributed by atoms with Crippen LogP contribution in [-0.2, 0) is 20.7 Å². The van der Waals surface area contributed by atoms with Crippen molar-refractivity contribution in [1.82, 2.24) is 14.7 Å². The van der Waals surface area contributed by atoms with Crippen molar-refractivity contribution in [2.75, 3.05) is 47.0 Å². The van der Waals surface area contributed by atoms with Gasteiger partial charge in [-0.3, -0.25) is 14.5 Å². The van der Waals surface area contributed by atoms with E-state index in [-0.39, 0.29) is 36.3 Å². The molecule has 1 unspecified atom stereocenters. The highest BCUT2D eigenvalue weighted by Crippen LogP contribution is 2.30. The molecule has 0 spiro atoms. The Labute approximate surface area is 177 Å². The second-order valence-electron chi connectivity index (χ2n) is 8.70. The molecule has 0 aliphatic carbocycles. The van der Waals surface area contributed by atoms with Crippen LogP contribution in [-0.4, -0.2) is 85.6 Å². The molecule has 164 valence electrons. The Kier molecular flexibility index (Phi) is 6.65. The van der Waals surface area contributed by atoms with Gasteiger partial charge in [-0.25, -0.2) is 4.79 Å². The van der Waals surface area contributed by atoms with E-state index in [4.69, 9.17) is 9.47 Å². The summed E-state index contributed by atoms with van der Waals surface area (Å²) in [6, 6.07) is 6.75. The topological polar surface area (TPSA) is 79.4 Å². The minimum absolute atomic E-state index is 0.00339. The number of carbonyl (C=O) groups is 3. The monoisotopic (exact) mass is 417 g/mol. The van der Waals surface area contributed by atoms with Gasteiger partial charge in [0.15, 0.2) is 0 Å². The molecule has 2 aliphatic heterocycles. The Morgan fingerprint density at radius 1 is 1.13 bits per heavy atom. The number of urea groups is 1. The van der Waals surface area contributed by atoms with Crippen LogP contribution < -0.4 is 4.74 Å². The smallest absolute Gasteiger partial charge is 0.327 e. The molecule has 1 atom stereocenters. The fourth-order valence-electron chi connectivity index (χ4n) is 4.13. The molecule has 2 heterocycles. The van der Waals surface area contributed by atoms with Crippen LogP contribution in [0, 0.1) is 5.41 Å². The third-order valence-electron chi connectivity index (χ3n) is 5.67. The van der Waals surface area contributed by atoms with Gasteiger partial charge in [-0.05, 0) is 24.1 Å². The van der Waals surface area contributed by atoms with Gasteiger partial charge >= 0.3 is 6.03 Å². The third-order valence-corrected chi connectivity index (χ3v) is 5.67. The predicted molar refractivity (Wildman–Crippen MR) is 111 cm³/mol. The Morgan fingerprint density at radius 3 is 2.47 bits per heavy atom. The zero-order valence-corrected chi connectivity index (χ0v) is 18.2. The molecule has 1 aromatic carbocycles. The quantitative estimate of drug-likeness (QED) is 0.632. The lowest BCUT2D eigenvalue weighted by molar-refractivity contribution is -0.134. The van der Waals surface area contributed by atoms with Gasteiger partial charge in [0.2, 0.25) is 5.91 Å². The number of imide groups is 1. The number of benzene rings is 1. The van der Waals surface area contributed by atoms with Crippen LogP contribution in [0.3, 0.4) is 0 Å². The van der Waals surface area contributed by atoms with Gasteiger partial charge in [-0.2, -0.15) is 0 Å². The molecular formula is C22H31N3O5. The molecule has 1 aromatic rings. The summed E-state index contributed by atoms with van der Waals surface area (Å²) < 4.78 is 10.2. The zero-order valence-electron chi connectivity index (χ0n) is 18.2. The number of methoxy groups -OCH3 is 2. The highest BCUT2D eigenvalue weighted by molar-refractivity contribution is 6.04. The molecular weight excluding hydrogens is 386 g/mol. The Balaban J connectivity index is 1.69. The fraction of sp³-hybridized carbons (Fsp3) is 0.591. The fourth-order valence-corrected chi connectivity index (χ4v) is 4.13. The van der Waals surface area contributed by atoms with Crippen LogP contribution >= 0.6 is 0 Å². The summed E-state index contributed by atoms with van der Waals surface area (Å²) in [4.78, 5) is 43.3. The maximum absolute atomic E-state index is 13.0. The van der Waals surface area contributed by atoms with Crippen LogP contribution in [0.15, 0.2) is 24.3 Å². The standard InChI is InChI=1S/C22H31N3O5/c1-22(2)14-23(19(26)10-7-16-5-8-17(30-4)9-6-16)13-18-20(27)24(11-12-29-3)21(28)25(18)15-22/h5-6,8-9,18H,7,10-15H2,1-4H3. The molecule has 2 fully saturated rings. The van der Waals surface area contributed by atoms with Crippen LogP contribution in [0.4, 0.5) is 4.79 Å². The van der Waals surface area contributed by atoms with Crippen molar-refractivity contribution < 1.29 is 23.9 Å². The summed E-state index contributed by atoms with van der Waals surface area (Å²) in [5.74, 6) is 0.529. The van der Waals surface area contributed by atoms with Crippen molar-refractivity contribution in [2.24, 2.45) is 5.41 Å². The first-order valence-electron chi connectivity index (χ1n) is 10.3. The Bertz CT molecular complexity index is 792. The minimum atomic E-state index is -0.624. The lowest BCUT2D eigenvalue weighted by atomic mass is 9.92. The zero-order chi connectivity index (χ0) is 21.9. The van der Waals surface area contributed by atoms with Crippen molar-refractivity contribution in [1.29, 1.82) is 0 Å². The lowest BCUT2D eigenvalue weighted by Gasteiger charge is -2.30. The summed E-state index contributed by atoms with van der Waals surface area (Å²) in [7, 11) is 3.16. The number of hydrogen-bond donors (Lipinski definition) is 0. The molecule has 4 amide bonds. The summed E-state index contributed by atoms with van der Waals surface area (Å²) >= 11 is 0. The molecule has 30 heavy (non-hydrogen) atoms. The maximum Gasteiger partial charge on any atom is 0.327 e. The number of aryl methyl sites for hydroxylation is 1. The lowest BCUT2D eigenvalue weighted by Crippen LogP contribution is -2.44. The SMILES string of the molecule is COCCN1C(=O)C2CN(C(=O)CCc3ccc(OC)cc3)CC(C)(C)CN2C1=O. The van der Waals surface area contributed by atoms with E-state index in [0.29, 0.717) is 32.5 Å². The average molecular weight is 418 g/mol. The molecule has 0 bridgehead atoms. The molecule has 0 aromatic heterocycles. The Hall–Kier alpha value is -2.61. The molecule has 0 N–H and O–H groups in total. The van der Waals surface area contributed by atoms with E-state index in [1.807, 2.05) is 38.1 Å². The van der Waals surface area contributed by atoms with E-state index in [0.717, 1.165) is 11.3 Å². The second-order valence-corrected chi connectivity index (χ2v) is 8.70. The van der Waals surface area contributed by atoms with E-state index in [2.05, 4.69) is 0 Å². The number of nitrogens with zero attached hydrogens (tertiary/aromatic N) is 3. The summed E-state index contributed by atoms with van der Waals surface area (Å²) in [6.45, 7) is 5.76. The van der Waals surface area contributed by atoms with Gasteiger partial charge in [-0.15, -0.1) is 0 Å². The second kappa shape index (κ2) is 9.04. The molecule has 0 radical (unpaired) electrons. The first-order valence-corrected chi connectivity index (χ1v) is 10.3. The highest BCUT2D eigenvalue weighted by Gasteiger charge is 2.49.